The Hall–Kier alpha value is -2.76. The molecule has 0 saturated carbocycles. The van der Waals surface area contributed by atoms with Crippen molar-refractivity contribution in [1.82, 2.24) is 9.97 Å². The van der Waals surface area contributed by atoms with Crippen molar-refractivity contribution >= 4 is 11.8 Å². The molecule has 2 N–H and O–H groups in total. The molecule has 0 aliphatic heterocycles. The zero-order chi connectivity index (χ0) is 18.9. The molecule has 2 aromatic rings. The van der Waals surface area contributed by atoms with Crippen LogP contribution in [0.1, 0.15) is 37.7 Å². The predicted molar refractivity (Wildman–Crippen MR) is 109 cm³/mol. The molecule has 1 aromatic carbocycles. The van der Waals surface area contributed by atoms with E-state index in [9.17, 15) is 0 Å². The zero-order valence-corrected chi connectivity index (χ0v) is 16.1. The molecular formula is C21H28N4O2. The first-order chi connectivity index (χ1) is 13.3. The largest absolute Gasteiger partial charge is 0.493 e. The van der Waals surface area contributed by atoms with Crippen molar-refractivity contribution in [3.8, 4) is 11.5 Å². The number of allylic oxidation sites excluding steroid dienone is 1. The van der Waals surface area contributed by atoms with Gasteiger partial charge in [0.15, 0.2) is 11.5 Å². The molecule has 1 heterocycles. The summed E-state index contributed by atoms with van der Waals surface area (Å²) in [5.74, 6) is 2.88. The molecule has 0 amide bonds. The summed E-state index contributed by atoms with van der Waals surface area (Å²) in [7, 11) is 3.27. The first-order valence-corrected chi connectivity index (χ1v) is 9.48. The number of benzene rings is 1. The minimum Gasteiger partial charge on any atom is -0.493 e. The standard InChI is InChI=1S/C21H28N4O2/c1-26-18-9-8-17(14-19(18)27-2)15-24-21-23-13-11-20(25-21)22-12-10-16-6-4-3-5-7-16/h6,8-9,11,13-14H,3-5,7,10,12,15H2,1-2H3,(H2,22,23,24,25). The number of anilines is 2. The van der Waals surface area contributed by atoms with Gasteiger partial charge in [0.05, 0.1) is 14.2 Å². The molecule has 0 atom stereocenters. The fourth-order valence-corrected chi connectivity index (χ4v) is 3.20. The van der Waals surface area contributed by atoms with E-state index in [0.717, 1.165) is 30.1 Å². The van der Waals surface area contributed by atoms with Gasteiger partial charge < -0.3 is 20.1 Å². The number of ether oxygens (including phenoxy) is 2. The summed E-state index contributed by atoms with van der Waals surface area (Å²) in [4.78, 5) is 8.84. The van der Waals surface area contributed by atoms with Crippen molar-refractivity contribution in [2.24, 2.45) is 0 Å². The van der Waals surface area contributed by atoms with Gasteiger partial charge in [0.1, 0.15) is 5.82 Å². The topological polar surface area (TPSA) is 68.3 Å². The molecule has 1 aromatic heterocycles. The molecule has 6 nitrogen and oxygen atoms in total. The SMILES string of the molecule is COc1ccc(CNc2nccc(NCCC3=CCCCC3)n2)cc1OC. The van der Waals surface area contributed by atoms with Crippen molar-refractivity contribution < 1.29 is 9.47 Å². The van der Waals surface area contributed by atoms with Gasteiger partial charge in [-0.1, -0.05) is 17.7 Å². The average Bonchev–Trinajstić information content (AvgIpc) is 2.73. The highest BCUT2D eigenvalue weighted by molar-refractivity contribution is 5.44. The molecule has 0 bridgehead atoms. The lowest BCUT2D eigenvalue weighted by atomic mass is 9.97. The van der Waals surface area contributed by atoms with Gasteiger partial charge in [-0.05, 0) is 55.9 Å². The Morgan fingerprint density at radius 1 is 1.04 bits per heavy atom. The first kappa shape index (κ1) is 19.0. The van der Waals surface area contributed by atoms with E-state index >= 15 is 0 Å². The van der Waals surface area contributed by atoms with Crippen LogP contribution in [0.4, 0.5) is 11.8 Å². The number of aromatic nitrogens is 2. The maximum absolute atomic E-state index is 5.34. The van der Waals surface area contributed by atoms with Crippen molar-refractivity contribution in [3.63, 3.8) is 0 Å². The second-order valence-corrected chi connectivity index (χ2v) is 6.59. The van der Waals surface area contributed by atoms with Crippen LogP contribution in [0.2, 0.25) is 0 Å². The summed E-state index contributed by atoms with van der Waals surface area (Å²) in [6.07, 6.45) is 10.4. The van der Waals surface area contributed by atoms with Crippen LogP contribution in [0.5, 0.6) is 11.5 Å². The van der Waals surface area contributed by atoms with Crippen LogP contribution in [0.3, 0.4) is 0 Å². The van der Waals surface area contributed by atoms with Crippen LogP contribution in [0, 0.1) is 0 Å². The maximum atomic E-state index is 5.34. The second kappa shape index (κ2) is 9.80. The number of hydrogen-bond donors (Lipinski definition) is 2. The van der Waals surface area contributed by atoms with E-state index in [2.05, 4.69) is 26.7 Å². The normalized spacial score (nSPS) is 13.6. The molecule has 0 radical (unpaired) electrons. The molecule has 6 heteroatoms. The van der Waals surface area contributed by atoms with Gasteiger partial charge in [-0.3, -0.25) is 0 Å². The molecule has 144 valence electrons. The Balaban J connectivity index is 1.52. The van der Waals surface area contributed by atoms with Crippen LogP contribution in [-0.4, -0.2) is 30.7 Å². The summed E-state index contributed by atoms with van der Waals surface area (Å²) >= 11 is 0. The van der Waals surface area contributed by atoms with Crippen LogP contribution < -0.4 is 20.1 Å². The van der Waals surface area contributed by atoms with E-state index in [1.807, 2.05) is 24.3 Å². The number of nitrogens with zero attached hydrogens (tertiary/aromatic N) is 2. The molecule has 0 fully saturated rings. The van der Waals surface area contributed by atoms with Gasteiger partial charge in [-0.15, -0.1) is 0 Å². The molecule has 3 rings (SSSR count). The number of nitrogens with one attached hydrogen (secondary N) is 2. The monoisotopic (exact) mass is 368 g/mol. The molecule has 0 saturated heterocycles. The Morgan fingerprint density at radius 3 is 2.70 bits per heavy atom. The minimum absolute atomic E-state index is 0.603. The van der Waals surface area contributed by atoms with Crippen LogP contribution in [0.15, 0.2) is 42.1 Å². The molecule has 27 heavy (non-hydrogen) atoms. The van der Waals surface area contributed by atoms with Gasteiger partial charge in [-0.2, -0.15) is 4.98 Å². The number of methoxy groups -OCH3 is 2. The van der Waals surface area contributed by atoms with Gasteiger partial charge in [0.2, 0.25) is 5.95 Å². The van der Waals surface area contributed by atoms with Crippen molar-refractivity contribution in [1.29, 1.82) is 0 Å². The second-order valence-electron chi connectivity index (χ2n) is 6.59. The lowest BCUT2D eigenvalue weighted by Gasteiger charge is -2.13. The zero-order valence-electron chi connectivity index (χ0n) is 16.1. The third kappa shape index (κ3) is 5.61. The lowest BCUT2D eigenvalue weighted by molar-refractivity contribution is 0.354. The Kier molecular flexibility index (Phi) is 6.90. The Morgan fingerprint density at radius 2 is 1.93 bits per heavy atom. The van der Waals surface area contributed by atoms with Gasteiger partial charge >= 0.3 is 0 Å². The molecule has 1 aliphatic rings. The van der Waals surface area contributed by atoms with E-state index in [4.69, 9.17) is 9.47 Å². The van der Waals surface area contributed by atoms with Crippen LogP contribution in [-0.2, 0) is 6.54 Å². The highest BCUT2D eigenvalue weighted by Gasteiger charge is 2.06. The highest BCUT2D eigenvalue weighted by Crippen LogP contribution is 2.27. The fourth-order valence-electron chi connectivity index (χ4n) is 3.20. The third-order valence-electron chi connectivity index (χ3n) is 4.69. The van der Waals surface area contributed by atoms with Crippen molar-refractivity contribution in [3.05, 3.63) is 47.7 Å². The van der Waals surface area contributed by atoms with E-state index in [1.165, 1.54) is 25.7 Å². The average molecular weight is 368 g/mol. The van der Waals surface area contributed by atoms with E-state index < -0.39 is 0 Å². The van der Waals surface area contributed by atoms with E-state index in [1.54, 1.807) is 26.0 Å². The van der Waals surface area contributed by atoms with E-state index in [-0.39, 0.29) is 0 Å². The molecule has 0 spiro atoms. The lowest BCUT2D eigenvalue weighted by Crippen LogP contribution is -2.08. The van der Waals surface area contributed by atoms with Crippen molar-refractivity contribution in [2.45, 2.75) is 38.6 Å². The predicted octanol–water partition coefficient (Wildman–Crippen LogP) is 4.41. The fraction of sp³-hybridized carbons (Fsp3) is 0.429. The summed E-state index contributed by atoms with van der Waals surface area (Å²) in [6, 6.07) is 7.74. The maximum Gasteiger partial charge on any atom is 0.224 e. The number of hydrogen-bond acceptors (Lipinski definition) is 6. The minimum atomic E-state index is 0.603. The number of rotatable bonds is 9. The first-order valence-electron chi connectivity index (χ1n) is 9.48. The van der Waals surface area contributed by atoms with Crippen LogP contribution in [0.25, 0.3) is 0 Å². The summed E-state index contributed by atoms with van der Waals surface area (Å²) in [6.45, 7) is 1.51. The van der Waals surface area contributed by atoms with E-state index in [0.29, 0.717) is 18.2 Å². The van der Waals surface area contributed by atoms with Gasteiger partial charge in [0, 0.05) is 19.3 Å². The van der Waals surface area contributed by atoms with Crippen molar-refractivity contribution in [2.75, 3.05) is 31.4 Å². The summed E-state index contributed by atoms with van der Waals surface area (Å²) in [5, 5.41) is 6.66. The molecule has 1 aliphatic carbocycles. The quantitative estimate of drug-likeness (QED) is 0.639. The van der Waals surface area contributed by atoms with Crippen LogP contribution >= 0.6 is 0 Å². The third-order valence-corrected chi connectivity index (χ3v) is 4.69. The Bertz CT molecular complexity index is 777. The van der Waals surface area contributed by atoms with Gasteiger partial charge in [-0.25, -0.2) is 4.98 Å². The Labute approximate surface area is 161 Å². The molecular weight excluding hydrogens is 340 g/mol. The highest BCUT2D eigenvalue weighted by atomic mass is 16.5. The smallest absolute Gasteiger partial charge is 0.224 e. The summed E-state index contributed by atoms with van der Waals surface area (Å²) in [5.41, 5.74) is 2.63. The van der Waals surface area contributed by atoms with Gasteiger partial charge in [0.25, 0.3) is 0 Å². The summed E-state index contributed by atoms with van der Waals surface area (Å²) < 4.78 is 10.6. The molecule has 0 unspecified atom stereocenters.